The first-order chi connectivity index (χ1) is 39.0. The maximum Gasteiger partial charge on any atom is 0.306 e. The minimum Gasteiger partial charge on any atom is -0.462 e. The highest BCUT2D eigenvalue weighted by molar-refractivity contribution is 5.71. The zero-order valence-electron chi connectivity index (χ0n) is 50.3. The van der Waals surface area contributed by atoms with Gasteiger partial charge in [0.15, 0.2) is 6.10 Å². The van der Waals surface area contributed by atoms with Gasteiger partial charge in [-0.2, -0.15) is 0 Å². The van der Waals surface area contributed by atoms with Gasteiger partial charge in [0.1, 0.15) is 13.2 Å². The topological polar surface area (TPSA) is 78.9 Å². The second-order valence-electron chi connectivity index (χ2n) is 19.8. The van der Waals surface area contributed by atoms with Gasteiger partial charge < -0.3 is 14.2 Å². The molecule has 0 spiro atoms. The molecule has 0 heterocycles. The molecule has 0 saturated heterocycles. The summed E-state index contributed by atoms with van der Waals surface area (Å²) in [6.45, 7) is 6.26. The monoisotopic (exact) mass is 1080 g/mol. The number of hydrogen-bond donors (Lipinski definition) is 0. The average Bonchev–Trinajstić information content (AvgIpc) is 3.45. The predicted molar refractivity (Wildman–Crippen MR) is 343 cm³/mol. The molecule has 0 aliphatic carbocycles. The van der Waals surface area contributed by atoms with E-state index < -0.39 is 6.10 Å². The van der Waals surface area contributed by atoms with Gasteiger partial charge in [-0.1, -0.05) is 254 Å². The van der Waals surface area contributed by atoms with E-state index in [4.69, 9.17) is 14.2 Å². The Hall–Kier alpha value is -5.49. The molecule has 0 fully saturated rings. The molecule has 0 aromatic carbocycles. The lowest BCUT2D eigenvalue weighted by Gasteiger charge is -2.18. The summed E-state index contributed by atoms with van der Waals surface area (Å²) in [4.78, 5) is 38.2. The highest BCUT2D eigenvalue weighted by atomic mass is 16.6. The summed E-state index contributed by atoms with van der Waals surface area (Å²) in [5.41, 5.74) is 0. The summed E-state index contributed by atoms with van der Waals surface area (Å²) in [6, 6.07) is 0. The van der Waals surface area contributed by atoms with Gasteiger partial charge in [-0.25, -0.2) is 0 Å². The number of carbonyl (C=O) groups is 3. The zero-order chi connectivity index (χ0) is 57.1. The van der Waals surface area contributed by atoms with Crippen molar-refractivity contribution in [2.24, 2.45) is 0 Å². The second-order valence-corrected chi connectivity index (χ2v) is 19.8. The molecule has 79 heavy (non-hydrogen) atoms. The van der Waals surface area contributed by atoms with Crippen LogP contribution in [0.3, 0.4) is 0 Å². The van der Waals surface area contributed by atoms with Crippen LogP contribution in [0.5, 0.6) is 0 Å². The van der Waals surface area contributed by atoms with Crippen LogP contribution in [0.2, 0.25) is 0 Å². The lowest BCUT2D eigenvalue weighted by atomic mass is 10.1. The number of hydrogen-bond acceptors (Lipinski definition) is 6. The van der Waals surface area contributed by atoms with Crippen molar-refractivity contribution in [3.63, 3.8) is 0 Å². The van der Waals surface area contributed by atoms with Crippen LogP contribution in [0.15, 0.2) is 182 Å². The minimum absolute atomic E-state index is 0.121. The van der Waals surface area contributed by atoms with Gasteiger partial charge in [0.25, 0.3) is 0 Å². The number of esters is 3. The number of unbranched alkanes of at least 4 members (excludes halogenated alkanes) is 13. The summed E-state index contributed by atoms with van der Waals surface area (Å²) < 4.78 is 16.8. The number of carbonyl (C=O) groups excluding carboxylic acids is 3. The van der Waals surface area contributed by atoms with Crippen LogP contribution in [-0.2, 0) is 28.6 Å². The molecule has 1 unspecified atom stereocenters. The molecule has 0 aliphatic heterocycles. The fourth-order valence-electron chi connectivity index (χ4n) is 7.77. The fraction of sp³-hybridized carbons (Fsp3) is 0.548. The molecule has 0 N–H and O–H groups in total. The average molecular weight is 1090 g/mol. The van der Waals surface area contributed by atoms with Crippen LogP contribution in [0, 0.1) is 0 Å². The summed E-state index contributed by atoms with van der Waals surface area (Å²) in [6.07, 6.45) is 97.6. The summed E-state index contributed by atoms with van der Waals surface area (Å²) in [7, 11) is 0. The standard InChI is InChI=1S/C73H112O6/c1-4-7-10-13-16-19-22-25-27-29-30-31-32-33-34-35-36-37-38-39-40-41-42-44-45-48-51-54-57-60-63-66-72(75)78-69-70(68-77-71(74)65-62-59-56-53-50-47-24-21-18-15-12-9-6-3)79-73(76)67-64-61-58-55-52-49-46-43-28-26-23-20-17-14-11-8-5-2/h7-8,10-12,15-17,19-21,24-28,30-31,33-34,36-37,39-40,42,44,46,49,55,58,70H,4-6,9,13-14,18,22-23,29,32,35,38,41,43,45,47-48,50-54,56-57,59-69H2,1-3H3/b10-7-,11-8-,15-12-,19-16-,20-17-,24-21-,27-25-,28-26-,31-30-,34-33-,37-36-,40-39-,44-42-,49-46-,58-55-. The van der Waals surface area contributed by atoms with Crippen LogP contribution < -0.4 is 0 Å². The zero-order valence-corrected chi connectivity index (χ0v) is 50.3. The Morgan fingerprint density at radius 2 is 0.506 bits per heavy atom. The molecule has 0 aromatic heterocycles. The Kier molecular flexibility index (Phi) is 60.5. The van der Waals surface area contributed by atoms with E-state index in [0.29, 0.717) is 19.3 Å². The first-order valence-electron chi connectivity index (χ1n) is 31.3. The van der Waals surface area contributed by atoms with Gasteiger partial charge in [0.05, 0.1) is 0 Å². The SMILES string of the molecule is CC/C=C\C/C=C\C/C=C\C/C=C\C/C=C\C/C=C\C/C=C\C/C=C\CCCCCCCCC(=O)OCC(COC(=O)CCCCCCC/C=C\C/C=C\CCC)OC(=O)CCC/C=C\C/C=C\C/C=C\C/C=C\C/C=C\CC. The van der Waals surface area contributed by atoms with Crippen molar-refractivity contribution in [1.29, 1.82) is 0 Å². The van der Waals surface area contributed by atoms with E-state index in [9.17, 15) is 14.4 Å². The quantitative estimate of drug-likeness (QED) is 0.0261. The summed E-state index contributed by atoms with van der Waals surface area (Å²) >= 11 is 0. The van der Waals surface area contributed by atoms with E-state index >= 15 is 0 Å². The fourth-order valence-corrected chi connectivity index (χ4v) is 7.77. The lowest BCUT2D eigenvalue weighted by Crippen LogP contribution is -2.30. The second kappa shape index (κ2) is 65.0. The van der Waals surface area contributed by atoms with Gasteiger partial charge in [-0.05, 0) is 148 Å². The third kappa shape index (κ3) is 63.2. The molecule has 0 radical (unpaired) electrons. The first kappa shape index (κ1) is 73.5. The third-order valence-electron chi connectivity index (χ3n) is 12.4. The van der Waals surface area contributed by atoms with Gasteiger partial charge in [0, 0.05) is 19.3 Å². The van der Waals surface area contributed by atoms with Gasteiger partial charge in [0.2, 0.25) is 0 Å². The molecule has 0 bridgehead atoms. The Labute approximate surface area is 484 Å². The Morgan fingerprint density at radius 1 is 0.266 bits per heavy atom. The smallest absolute Gasteiger partial charge is 0.306 e. The largest absolute Gasteiger partial charge is 0.462 e. The highest BCUT2D eigenvalue weighted by Gasteiger charge is 2.19. The Bertz CT molecular complexity index is 1870. The van der Waals surface area contributed by atoms with E-state index in [1.165, 1.54) is 19.3 Å². The van der Waals surface area contributed by atoms with Crippen LogP contribution in [-0.4, -0.2) is 37.2 Å². The van der Waals surface area contributed by atoms with Crippen LogP contribution in [0.25, 0.3) is 0 Å². The molecule has 6 heteroatoms. The predicted octanol–water partition coefficient (Wildman–Crippen LogP) is 21.7. The summed E-state index contributed by atoms with van der Waals surface area (Å²) in [5.74, 6) is -1.02. The number of rotatable bonds is 54. The van der Waals surface area contributed by atoms with Gasteiger partial charge >= 0.3 is 17.9 Å². The highest BCUT2D eigenvalue weighted by Crippen LogP contribution is 2.13. The van der Waals surface area contributed by atoms with Crippen LogP contribution in [0.4, 0.5) is 0 Å². The molecular weight excluding hydrogens is 973 g/mol. The van der Waals surface area contributed by atoms with Crippen molar-refractivity contribution < 1.29 is 28.6 Å². The van der Waals surface area contributed by atoms with E-state index in [2.05, 4.69) is 203 Å². The maximum absolute atomic E-state index is 12.9. The van der Waals surface area contributed by atoms with Gasteiger partial charge in [-0.15, -0.1) is 0 Å². The van der Waals surface area contributed by atoms with E-state index in [-0.39, 0.29) is 37.5 Å². The van der Waals surface area contributed by atoms with E-state index in [0.717, 1.165) is 173 Å². The molecule has 0 aromatic rings. The third-order valence-corrected chi connectivity index (χ3v) is 12.4. The molecular formula is C73H112O6. The van der Waals surface area contributed by atoms with E-state index in [1.54, 1.807) is 0 Å². The van der Waals surface area contributed by atoms with E-state index in [1.807, 2.05) is 0 Å². The van der Waals surface area contributed by atoms with Gasteiger partial charge in [-0.3, -0.25) is 14.4 Å². The Balaban J connectivity index is 4.43. The number of allylic oxidation sites excluding steroid dienone is 30. The maximum atomic E-state index is 12.9. The van der Waals surface area contributed by atoms with Crippen molar-refractivity contribution in [3.8, 4) is 0 Å². The normalized spacial score (nSPS) is 13.4. The number of ether oxygens (including phenoxy) is 3. The van der Waals surface area contributed by atoms with Crippen molar-refractivity contribution in [1.82, 2.24) is 0 Å². The van der Waals surface area contributed by atoms with Crippen LogP contribution in [0.1, 0.15) is 239 Å². The molecule has 440 valence electrons. The van der Waals surface area contributed by atoms with Crippen molar-refractivity contribution in [3.05, 3.63) is 182 Å². The van der Waals surface area contributed by atoms with Crippen molar-refractivity contribution in [2.75, 3.05) is 13.2 Å². The molecule has 0 saturated carbocycles. The van der Waals surface area contributed by atoms with Crippen molar-refractivity contribution >= 4 is 17.9 Å². The lowest BCUT2D eigenvalue weighted by molar-refractivity contribution is -0.167. The molecule has 1 atom stereocenters. The first-order valence-corrected chi connectivity index (χ1v) is 31.3. The molecule has 0 amide bonds. The van der Waals surface area contributed by atoms with Crippen LogP contribution >= 0.6 is 0 Å². The molecule has 0 aliphatic rings. The summed E-state index contributed by atoms with van der Waals surface area (Å²) in [5, 5.41) is 0. The Morgan fingerprint density at radius 3 is 0.810 bits per heavy atom. The molecule has 0 rings (SSSR count). The molecule has 6 nitrogen and oxygen atoms in total. The minimum atomic E-state index is -0.831. The van der Waals surface area contributed by atoms with Crippen molar-refractivity contribution in [2.45, 2.75) is 245 Å².